The van der Waals surface area contributed by atoms with E-state index in [1.807, 2.05) is 42.5 Å². The van der Waals surface area contributed by atoms with E-state index in [9.17, 15) is 13.2 Å². The van der Waals surface area contributed by atoms with Crippen LogP contribution >= 0.6 is 11.6 Å². The van der Waals surface area contributed by atoms with E-state index in [0.29, 0.717) is 43.1 Å². The normalized spacial score (nSPS) is 17.1. The predicted octanol–water partition coefficient (Wildman–Crippen LogP) is 4.23. The van der Waals surface area contributed by atoms with Crippen molar-refractivity contribution in [3.63, 3.8) is 0 Å². The number of fused-ring (bicyclic) bond motifs is 1. The molecule has 1 amide bonds. The van der Waals surface area contributed by atoms with Crippen molar-refractivity contribution in [1.29, 1.82) is 0 Å². The number of piperidine rings is 1. The number of ether oxygens (including phenoxy) is 1. The van der Waals surface area contributed by atoms with Crippen molar-refractivity contribution in [3.05, 3.63) is 77.3 Å². The summed E-state index contributed by atoms with van der Waals surface area (Å²) < 4.78 is 32.9. The molecule has 33 heavy (non-hydrogen) atoms. The molecule has 1 unspecified atom stereocenters. The number of benzene rings is 3. The molecule has 1 fully saturated rings. The van der Waals surface area contributed by atoms with Gasteiger partial charge in [-0.2, -0.15) is 0 Å². The van der Waals surface area contributed by atoms with Crippen LogP contribution in [-0.2, 0) is 20.6 Å². The van der Waals surface area contributed by atoms with Crippen molar-refractivity contribution in [3.8, 4) is 5.75 Å². The van der Waals surface area contributed by atoms with Crippen molar-refractivity contribution >= 4 is 38.3 Å². The molecular weight excluding hydrogens is 460 g/mol. The van der Waals surface area contributed by atoms with Crippen LogP contribution in [-0.4, -0.2) is 44.9 Å². The lowest BCUT2D eigenvalue weighted by Crippen LogP contribution is -2.46. The fourth-order valence-electron chi connectivity index (χ4n) is 4.08. The van der Waals surface area contributed by atoms with Crippen LogP contribution in [0.3, 0.4) is 0 Å². The van der Waals surface area contributed by atoms with Crippen LogP contribution in [0.25, 0.3) is 10.8 Å². The lowest BCUT2D eigenvalue weighted by atomic mass is 9.99. The minimum atomic E-state index is -3.53. The summed E-state index contributed by atoms with van der Waals surface area (Å²) in [7, 11) is -3.53. The summed E-state index contributed by atoms with van der Waals surface area (Å²) in [4.78, 5) is 12.7. The maximum Gasteiger partial charge on any atom is 0.224 e. The summed E-state index contributed by atoms with van der Waals surface area (Å²) in [6.45, 7) is 1.32. The van der Waals surface area contributed by atoms with Gasteiger partial charge < -0.3 is 10.1 Å². The first kappa shape index (κ1) is 23.5. The number of nitrogens with zero attached hydrogens (tertiary/aromatic N) is 1. The Labute approximate surface area is 199 Å². The fourth-order valence-corrected chi connectivity index (χ4v) is 5.89. The average Bonchev–Trinajstić information content (AvgIpc) is 2.81. The zero-order chi connectivity index (χ0) is 23.3. The molecule has 1 atom stereocenters. The Hall–Kier alpha value is -2.61. The van der Waals surface area contributed by atoms with Gasteiger partial charge in [-0.05, 0) is 53.4 Å². The average molecular weight is 487 g/mol. The first-order valence-electron chi connectivity index (χ1n) is 11.0. The number of nitrogens with one attached hydrogen (secondary N) is 1. The molecule has 1 saturated heterocycles. The van der Waals surface area contributed by atoms with Gasteiger partial charge in [0.2, 0.25) is 15.9 Å². The van der Waals surface area contributed by atoms with E-state index in [0.717, 1.165) is 16.5 Å². The second-order valence-corrected chi connectivity index (χ2v) is 10.6. The maximum absolute atomic E-state index is 12.9. The molecule has 0 radical (unpaired) electrons. The molecule has 3 aromatic carbocycles. The Kier molecular flexibility index (Phi) is 7.53. The van der Waals surface area contributed by atoms with Crippen molar-refractivity contribution in [2.75, 3.05) is 26.2 Å². The van der Waals surface area contributed by atoms with Gasteiger partial charge in [-0.15, -0.1) is 0 Å². The monoisotopic (exact) mass is 486 g/mol. The van der Waals surface area contributed by atoms with Crippen LogP contribution in [0, 0.1) is 5.92 Å². The number of amides is 1. The predicted molar refractivity (Wildman–Crippen MR) is 131 cm³/mol. The lowest BCUT2D eigenvalue weighted by molar-refractivity contribution is -0.126. The van der Waals surface area contributed by atoms with Gasteiger partial charge in [0.25, 0.3) is 0 Å². The summed E-state index contributed by atoms with van der Waals surface area (Å²) in [5.41, 5.74) is 0.639. The quantitative estimate of drug-likeness (QED) is 0.483. The van der Waals surface area contributed by atoms with Crippen LogP contribution in [0.15, 0.2) is 66.7 Å². The second kappa shape index (κ2) is 10.5. The summed E-state index contributed by atoms with van der Waals surface area (Å²) in [6, 6.07) is 20.8. The molecule has 1 heterocycles. The molecule has 1 N–H and O–H groups in total. The molecule has 0 spiro atoms. The van der Waals surface area contributed by atoms with Gasteiger partial charge in [0.05, 0.1) is 18.2 Å². The number of carbonyl (C=O) groups is 1. The minimum Gasteiger partial charge on any atom is -0.492 e. The van der Waals surface area contributed by atoms with Gasteiger partial charge in [-0.1, -0.05) is 54.1 Å². The van der Waals surface area contributed by atoms with E-state index in [2.05, 4.69) is 5.32 Å². The van der Waals surface area contributed by atoms with Crippen LogP contribution in [0.1, 0.15) is 18.4 Å². The molecule has 6 nitrogen and oxygen atoms in total. The second-order valence-electron chi connectivity index (χ2n) is 8.23. The van der Waals surface area contributed by atoms with Gasteiger partial charge >= 0.3 is 0 Å². The van der Waals surface area contributed by atoms with Gasteiger partial charge in [-0.3, -0.25) is 4.79 Å². The van der Waals surface area contributed by atoms with Gasteiger partial charge in [0, 0.05) is 18.1 Å². The molecule has 3 aromatic rings. The Morgan fingerprint density at radius 2 is 1.88 bits per heavy atom. The highest BCUT2D eigenvalue weighted by Gasteiger charge is 2.32. The molecule has 0 bridgehead atoms. The molecule has 0 saturated carbocycles. The summed E-state index contributed by atoms with van der Waals surface area (Å²) >= 11 is 5.98. The molecule has 174 valence electrons. The van der Waals surface area contributed by atoms with E-state index < -0.39 is 10.0 Å². The number of rotatable bonds is 8. The van der Waals surface area contributed by atoms with Crippen molar-refractivity contribution < 1.29 is 17.9 Å². The van der Waals surface area contributed by atoms with Crippen LogP contribution in [0.5, 0.6) is 5.75 Å². The molecule has 1 aliphatic heterocycles. The largest absolute Gasteiger partial charge is 0.492 e. The molecular formula is C25H27ClN2O4S. The first-order valence-corrected chi connectivity index (χ1v) is 13.0. The number of hydrogen-bond acceptors (Lipinski definition) is 4. The smallest absolute Gasteiger partial charge is 0.224 e. The third-order valence-electron chi connectivity index (χ3n) is 5.78. The molecule has 0 aliphatic carbocycles. The number of hydrogen-bond donors (Lipinski definition) is 1. The number of halogens is 1. The van der Waals surface area contributed by atoms with Crippen molar-refractivity contribution in [2.45, 2.75) is 18.6 Å². The highest BCUT2D eigenvalue weighted by molar-refractivity contribution is 7.88. The van der Waals surface area contributed by atoms with E-state index in [-0.39, 0.29) is 24.1 Å². The Bertz CT molecular complexity index is 1230. The molecule has 0 aromatic heterocycles. The Balaban J connectivity index is 1.26. The molecule has 4 rings (SSSR count). The van der Waals surface area contributed by atoms with Gasteiger partial charge in [0.15, 0.2) is 0 Å². The zero-order valence-corrected chi connectivity index (χ0v) is 19.8. The van der Waals surface area contributed by atoms with E-state index in [1.54, 1.807) is 24.3 Å². The van der Waals surface area contributed by atoms with Crippen molar-refractivity contribution in [2.24, 2.45) is 5.92 Å². The summed E-state index contributed by atoms with van der Waals surface area (Å²) in [5.74, 6) is 0.119. The van der Waals surface area contributed by atoms with Gasteiger partial charge in [0.1, 0.15) is 12.4 Å². The van der Waals surface area contributed by atoms with Crippen LogP contribution in [0.4, 0.5) is 0 Å². The SMILES string of the molecule is O=C(NCCOc1ccc2ccccc2c1)C1CCCN(S(=O)(=O)Cc2cccc(Cl)c2)C1. The van der Waals surface area contributed by atoms with E-state index in [1.165, 1.54) is 4.31 Å². The maximum atomic E-state index is 12.9. The number of carbonyl (C=O) groups excluding carboxylic acids is 1. The topological polar surface area (TPSA) is 75.7 Å². The highest BCUT2D eigenvalue weighted by Crippen LogP contribution is 2.23. The lowest BCUT2D eigenvalue weighted by Gasteiger charge is -2.31. The Morgan fingerprint density at radius 1 is 1.06 bits per heavy atom. The van der Waals surface area contributed by atoms with Crippen LogP contribution < -0.4 is 10.1 Å². The third-order valence-corrected chi connectivity index (χ3v) is 7.83. The summed E-state index contributed by atoms with van der Waals surface area (Å²) in [5, 5.41) is 5.63. The van der Waals surface area contributed by atoms with E-state index in [4.69, 9.17) is 16.3 Å². The summed E-state index contributed by atoms with van der Waals surface area (Å²) in [6.07, 6.45) is 1.32. The molecule has 1 aliphatic rings. The standard InChI is InChI=1S/C25H27ClN2O4S/c26-23-9-3-5-19(15-23)18-33(30,31)28-13-4-8-22(17-28)25(29)27-12-14-32-24-11-10-20-6-1-2-7-21(20)16-24/h1-3,5-7,9-11,15-16,22H,4,8,12-14,17-18H2,(H,27,29). The van der Waals surface area contributed by atoms with Gasteiger partial charge in [-0.25, -0.2) is 12.7 Å². The van der Waals surface area contributed by atoms with Crippen LogP contribution in [0.2, 0.25) is 5.02 Å². The minimum absolute atomic E-state index is 0.124. The first-order chi connectivity index (χ1) is 15.9. The fraction of sp³-hybridized carbons (Fsp3) is 0.320. The van der Waals surface area contributed by atoms with E-state index >= 15 is 0 Å². The third kappa shape index (κ3) is 6.25. The molecule has 8 heteroatoms. The zero-order valence-electron chi connectivity index (χ0n) is 18.2. The Morgan fingerprint density at radius 3 is 2.70 bits per heavy atom. The highest BCUT2D eigenvalue weighted by atomic mass is 35.5. The number of sulfonamides is 1. The van der Waals surface area contributed by atoms with Crippen molar-refractivity contribution in [1.82, 2.24) is 9.62 Å².